The number of nitrogens with one attached hydrogen (secondary N) is 1. The van der Waals surface area contributed by atoms with E-state index in [0.29, 0.717) is 23.3 Å². The third kappa shape index (κ3) is 4.89. The highest BCUT2D eigenvalue weighted by molar-refractivity contribution is 6.06. The highest BCUT2D eigenvalue weighted by Gasteiger charge is 2.20. The quantitative estimate of drug-likeness (QED) is 0.366. The molecule has 5 aromatic rings. The van der Waals surface area contributed by atoms with Gasteiger partial charge < -0.3 is 19.5 Å². The van der Waals surface area contributed by atoms with Crippen molar-refractivity contribution in [2.24, 2.45) is 7.05 Å². The van der Waals surface area contributed by atoms with Crippen LogP contribution in [-0.4, -0.2) is 57.0 Å². The number of fused-ring (bicyclic) bond motifs is 2. The number of nitrogens with zero attached hydrogens (tertiary/aromatic N) is 5. The van der Waals surface area contributed by atoms with E-state index >= 15 is 0 Å². The molecule has 37 heavy (non-hydrogen) atoms. The summed E-state index contributed by atoms with van der Waals surface area (Å²) in [6, 6.07) is 19.0. The molecule has 0 aliphatic heterocycles. The number of hydrogen-bond donors (Lipinski definition) is 1. The maximum atomic E-state index is 13.5. The normalized spacial score (nSPS) is 11.1. The Kier molecular flexibility index (Phi) is 6.61. The van der Waals surface area contributed by atoms with Crippen molar-refractivity contribution in [3.63, 3.8) is 0 Å². The first-order valence-electron chi connectivity index (χ1n) is 11.7. The van der Waals surface area contributed by atoms with Crippen LogP contribution < -0.4 is 5.32 Å². The van der Waals surface area contributed by atoms with Gasteiger partial charge in [0.1, 0.15) is 12.4 Å². The summed E-state index contributed by atoms with van der Waals surface area (Å²) < 4.78 is 6.90. The number of aryl methyl sites for hydroxylation is 1. The van der Waals surface area contributed by atoms with E-state index in [1.807, 2.05) is 60.1 Å². The van der Waals surface area contributed by atoms with E-state index < -0.39 is 0 Å². The maximum absolute atomic E-state index is 13.5. The van der Waals surface area contributed by atoms with Gasteiger partial charge in [-0.05, 0) is 29.8 Å². The summed E-state index contributed by atoms with van der Waals surface area (Å²) in [6.07, 6.45) is 3.30. The first-order valence-corrected chi connectivity index (χ1v) is 11.7. The molecule has 2 amide bonds. The van der Waals surface area contributed by atoms with Gasteiger partial charge in [0, 0.05) is 51.3 Å². The van der Waals surface area contributed by atoms with Crippen molar-refractivity contribution in [1.29, 1.82) is 0 Å². The Hall–Kier alpha value is -4.63. The van der Waals surface area contributed by atoms with Gasteiger partial charge in [-0.3, -0.25) is 19.6 Å². The molecule has 186 valence electrons. The molecule has 0 fully saturated rings. The SMILES string of the molecule is COCC(=O)Nc1cc(C(=O)N(C)Cc2ccc3nccnc3c2)cc2nc(-c3ccccc3)n(C)c12. The van der Waals surface area contributed by atoms with Crippen molar-refractivity contribution >= 4 is 39.6 Å². The van der Waals surface area contributed by atoms with E-state index in [1.54, 1.807) is 36.5 Å². The largest absolute Gasteiger partial charge is 0.375 e. The summed E-state index contributed by atoms with van der Waals surface area (Å²) in [6.45, 7) is 0.278. The molecule has 0 atom stereocenters. The van der Waals surface area contributed by atoms with Gasteiger partial charge in [0.05, 0.1) is 27.8 Å². The Morgan fingerprint density at radius 1 is 0.973 bits per heavy atom. The van der Waals surface area contributed by atoms with Crippen molar-refractivity contribution < 1.29 is 14.3 Å². The van der Waals surface area contributed by atoms with Crippen LogP contribution in [0.15, 0.2) is 73.1 Å². The number of benzene rings is 3. The second-order valence-electron chi connectivity index (χ2n) is 8.77. The van der Waals surface area contributed by atoms with Crippen molar-refractivity contribution in [3.8, 4) is 11.4 Å². The molecule has 3 aromatic carbocycles. The number of methoxy groups -OCH3 is 1. The van der Waals surface area contributed by atoms with E-state index in [2.05, 4.69) is 15.3 Å². The van der Waals surface area contributed by atoms with Crippen LogP contribution in [0.5, 0.6) is 0 Å². The Morgan fingerprint density at radius 3 is 2.49 bits per heavy atom. The summed E-state index contributed by atoms with van der Waals surface area (Å²) in [7, 11) is 5.09. The molecule has 1 N–H and O–H groups in total. The zero-order chi connectivity index (χ0) is 25.9. The fourth-order valence-corrected chi connectivity index (χ4v) is 4.41. The molecular formula is C28H26N6O3. The molecule has 2 aromatic heterocycles. The lowest BCUT2D eigenvalue weighted by atomic mass is 10.1. The predicted molar refractivity (Wildman–Crippen MR) is 142 cm³/mol. The van der Waals surface area contributed by atoms with Gasteiger partial charge in [0.2, 0.25) is 5.91 Å². The second kappa shape index (κ2) is 10.2. The molecule has 0 saturated heterocycles. The molecule has 0 spiro atoms. The lowest BCUT2D eigenvalue weighted by Crippen LogP contribution is -2.26. The molecule has 9 heteroatoms. The van der Waals surface area contributed by atoms with Crippen molar-refractivity contribution in [3.05, 3.63) is 84.2 Å². The summed E-state index contributed by atoms with van der Waals surface area (Å²) in [5, 5.41) is 2.88. The predicted octanol–water partition coefficient (Wildman–Crippen LogP) is 4.04. The smallest absolute Gasteiger partial charge is 0.254 e. The van der Waals surface area contributed by atoms with Crippen molar-refractivity contribution in [2.75, 3.05) is 26.1 Å². The first-order chi connectivity index (χ1) is 17.9. The molecule has 5 rings (SSSR count). The number of amides is 2. The van der Waals surface area contributed by atoms with Gasteiger partial charge >= 0.3 is 0 Å². The standard InChI is InChI=1S/C28H26N6O3/c1-33(16-18-9-10-21-22(13-18)30-12-11-29-21)28(36)20-14-23(31-25(35)17-37-3)26-24(15-20)32-27(34(26)2)19-7-5-4-6-8-19/h4-15H,16-17H2,1-3H3,(H,31,35). The van der Waals surface area contributed by atoms with Gasteiger partial charge in [-0.1, -0.05) is 36.4 Å². The Labute approximate surface area is 213 Å². The zero-order valence-electron chi connectivity index (χ0n) is 20.8. The summed E-state index contributed by atoms with van der Waals surface area (Å²) >= 11 is 0. The highest BCUT2D eigenvalue weighted by Crippen LogP contribution is 2.31. The van der Waals surface area contributed by atoms with Crippen LogP contribution in [-0.2, 0) is 23.1 Å². The van der Waals surface area contributed by atoms with Crippen LogP contribution in [0.1, 0.15) is 15.9 Å². The van der Waals surface area contributed by atoms with E-state index in [-0.39, 0.29) is 18.4 Å². The third-order valence-corrected chi connectivity index (χ3v) is 6.10. The van der Waals surface area contributed by atoms with Gasteiger partial charge in [-0.2, -0.15) is 0 Å². The lowest BCUT2D eigenvalue weighted by molar-refractivity contribution is -0.119. The van der Waals surface area contributed by atoms with E-state index in [0.717, 1.165) is 33.5 Å². The maximum Gasteiger partial charge on any atom is 0.254 e. The average Bonchev–Trinajstić information content (AvgIpc) is 3.25. The molecule has 0 radical (unpaired) electrons. The molecular weight excluding hydrogens is 468 g/mol. The molecule has 2 heterocycles. The Bertz CT molecular complexity index is 1610. The lowest BCUT2D eigenvalue weighted by Gasteiger charge is -2.18. The average molecular weight is 495 g/mol. The van der Waals surface area contributed by atoms with Crippen LogP contribution >= 0.6 is 0 Å². The Balaban J connectivity index is 1.52. The molecule has 0 bridgehead atoms. The van der Waals surface area contributed by atoms with Crippen LogP contribution in [0, 0.1) is 0 Å². The monoisotopic (exact) mass is 494 g/mol. The van der Waals surface area contributed by atoms with E-state index in [1.165, 1.54) is 7.11 Å². The number of aromatic nitrogens is 4. The van der Waals surface area contributed by atoms with Gasteiger partial charge in [0.25, 0.3) is 5.91 Å². The first kappa shape index (κ1) is 24.1. The fourth-order valence-electron chi connectivity index (χ4n) is 4.41. The highest BCUT2D eigenvalue weighted by atomic mass is 16.5. The number of anilines is 1. The van der Waals surface area contributed by atoms with E-state index in [9.17, 15) is 9.59 Å². The fraction of sp³-hybridized carbons (Fsp3) is 0.179. The molecule has 0 unspecified atom stereocenters. The third-order valence-electron chi connectivity index (χ3n) is 6.10. The van der Waals surface area contributed by atoms with Crippen molar-refractivity contribution in [2.45, 2.75) is 6.54 Å². The number of hydrogen-bond acceptors (Lipinski definition) is 6. The zero-order valence-corrected chi connectivity index (χ0v) is 20.8. The van der Waals surface area contributed by atoms with Crippen LogP contribution in [0.3, 0.4) is 0 Å². The number of carbonyl (C=O) groups excluding carboxylic acids is 2. The number of rotatable bonds is 7. The number of ether oxygens (including phenoxy) is 1. The van der Waals surface area contributed by atoms with Gasteiger partial charge in [-0.15, -0.1) is 0 Å². The molecule has 0 saturated carbocycles. The van der Waals surface area contributed by atoms with Crippen LogP contribution in [0.4, 0.5) is 5.69 Å². The number of imidazole rings is 1. The summed E-state index contributed by atoms with van der Waals surface area (Å²) in [5.74, 6) is 0.213. The second-order valence-corrected chi connectivity index (χ2v) is 8.77. The van der Waals surface area contributed by atoms with Crippen LogP contribution in [0.25, 0.3) is 33.5 Å². The van der Waals surface area contributed by atoms with Crippen LogP contribution in [0.2, 0.25) is 0 Å². The molecule has 0 aliphatic rings. The number of carbonyl (C=O) groups is 2. The minimum absolute atomic E-state index is 0.103. The van der Waals surface area contributed by atoms with Gasteiger partial charge in [-0.25, -0.2) is 4.98 Å². The van der Waals surface area contributed by atoms with Crippen molar-refractivity contribution in [1.82, 2.24) is 24.4 Å². The summed E-state index contributed by atoms with van der Waals surface area (Å²) in [5.41, 5.74) is 5.67. The summed E-state index contributed by atoms with van der Waals surface area (Å²) in [4.78, 5) is 41.0. The molecule has 9 nitrogen and oxygen atoms in total. The Morgan fingerprint density at radius 2 is 1.73 bits per heavy atom. The topological polar surface area (TPSA) is 102 Å². The van der Waals surface area contributed by atoms with E-state index in [4.69, 9.17) is 9.72 Å². The minimum Gasteiger partial charge on any atom is -0.375 e. The minimum atomic E-state index is -0.318. The van der Waals surface area contributed by atoms with Gasteiger partial charge in [0.15, 0.2) is 0 Å². The molecule has 0 aliphatic carbocycles.